The Morgan fingerprint density at radius 2 is 1.85 bits per heavy atom. The normalized spacial score (nSPS) is 10.6. The second kappa shape index (κ2) is 7.10. The third kappa shape index (κ3) is 3.96. The van der Waals surface area contributed by atoms with Crippen molar-refractivity contribution in [3.63, 3.8) is 0 Å². The lowest BCUT2D eigenvalue weighted by Gasteiger charge is -2.03. The number of pyridine rings is 1. The van der Waals surface area contributed by atoms with E-state index in [1.54, 1.807) is 16.8 Å². The molecule has 0 aliphatic rings. The molecule has 1 heterocycles. The van der Waals surface area contributed by atoms with Gasteiger partial charge < -0.3 is 4.57 Å². The van der Waals surface area contributed by atoms with Gasteiger partial charge in [-0.3, -0.25) is 4.79 Å². The van der Waals surface area contributed by atoms with Crippen LogP contribution in [-0.2, 0) is 6.54 Å². The van der Waals surface area contributed by atoms with Crippen molar-refractivity contribution in [1.29, 1.82) is 5.26 Å². The maximum atomic E-state index is 11.9. The fourth-order valence-corrected chi connectivity index (χ4v) is 1.90. The Morgan fingerprint density at radius 3 is 2.55 bits per heavy atom. The van der Waals surface area contributed by atoms with Crippen molar-refractivity contribution in [2.75, 3.05) is 0 Å². The van der Waals surface area contributed by atoms with Crippen molar-refractivity contribution in [2.45, 2.75) is 19.4 Å². The van der Waals surface area contributed by atoms with Crippen LogP contribution in [0.25, 0.3) is 12.2 Å². The fraction of sp³-hybridized carbons (Fsp3) is 0.176. The van der Waals surface area contributed by atoms with E-state index in [4.69, 9.17) is 5.26 Å². The second-order valence-corrected chi connectivity index (χ2v) is 4.50. The van der Waals surface area contributed by atoms with Crippen LogP contribution < -0.4 is 5.56 Å². The van der Waals surface area contributed by atoms with Gasteiger partial charge in [0.2, 0.25) is 0 Å². The van der Waals surface area contributed by atoms with Gasteiger partial charge in [0.25, 0.3) is 5.56 Å². The molecule has 0 saturated carbocycles. The second-order valence-electron chi connectivity index (χ2n) is 4.50. The van der Waals surface area contributed by atoms with Crippen molar-refractivity contribution in [3.05, 3.63) is 70.1 Å². The van der Waals surface area contributed by atoms with Crippen LogP contribution in [0.3, 0.4) is 0 Å². The summed E-state index contributed by atoms with van der Waals surface area (Å²) in [5.74, 6) is 0. The van der Waals surface area contributed by atoms with E-state index in [0.29, 0.717) is 19.4 Å². The molecule has 1 aromatic heterocycles. The number of rotatable bonds is 5. The van der Waals surface area contributed by atoms with Crippen molar-refractivity contribution >= 4 is 12.2 Å². The van der Waals surface area contributed by atoms with E-state index in [1.165, 1.54) is 0 Å². The molecule has 0 unspecified atom stereocenters. The van der Waals surface area contributed by atoms with Crippen LogP contribution in [0, 0.1) is 11.3 Å². The van der Waals surface area contributed by atoms with Crippen LogP contribution in [-0.4, -0.2) is 4.57 Å². The average Bonchev–Trinajstić information content (AvgIpc) is 2.48. The first-order chi connectivity index (χ1) is 9.79. The Kier molecular flexibility index (Phi) is 4.91. The number of nitrogens with zero attached hydrogens (tertiary/aromatic N) is 2. The first-order valence-electron chi connectivity index (χ1n) is 6.60. The maximum absolute atomic E-state index is 11.9. The summed E-state index contributed by atoms with van der Waals surface area (Å²) in [6.07, 6.45) is 6.87. The predicted octanol–water partition coefficient (Wildman–Crippen LogP) is 3.32. The Hall–Kier alpha value is -2.60. The molecule has 0 N–H and O–H groups in total. The zero-order valence-corrected chi connectivity index (χ0v) is 11.2. The summed E-state index contributed by atoms with van der Waals surface area (Å²) in [6.45, 7) is 0.592. The molecule has 0 saturated heterocycles. The van der Waals surface area contributed by atoms with Crippen molar-refractivity contribution in [2.24, 2.45) is 0 Å². The SMILES string of the molecule is N#CCCCn1ccc(/C=C/c2ccccc2)cc1=O. The summed E-state index contributed by atoms with van der Waals surface area (Å²) in [4.78, 5) is 11.9. The highest BCUT2D eigenvalue weighted by molar-refractivity contribution is 5.69. The number of aromatic nitrogens is 1. The third-order valence-electron chi connectivity index (χ3n) is 2.98. The van der Waals surface area contributed by atoms with E-state index in [0.717, 1.165) is 11.1 Å². The van der Waals surface area contributed by atoms with Crippen LogP contribution in [0.5, 0.6) is 0 Å². The molecule has 1 aromatic carbocycles. The molecule has 0 aliphatic carbocycles. The highest BCUT2D eigenvalue weighted by Crippen LogP contribution is 2.06. The van der Waals surface area contributed by atoms with Crippen LogP contribution in [0.15, 0.2) is 53.5 Å². The third-order valence-corrected chi connectivity index (χ3v) is 2.98. The van der Waals surface area contributed by atoms with E-state index in [2.05, 4.69) is 6.07 Å². The molecule has 0 radical (unpaired) electrons. The van der Waals surface area contributed by atoms with Crippen LogP contribution in [0.4, 0.5) is 0 Å². The summed E-state index contributed by atoms with van der Waals surface area (Å²) in [6, 6.07) is 15.6. The molecule has 0 spiro atoms. The van der Waals surface area contributed by atoms with Gasteiger partial charge in [0.15, 0.2) is 0 Å². The molecule has 20 heavy (non-hydrogen) atoms. The minimum Gasteiger partial charge on any atom is -0.315 e. The quantitative estimate of drug-likeness (QED) is 0.778. The Bertz CT molecular complexity index is 678. The summed E-state index contributed by atoms with van der Waals surface area (Å²) in [7, 11) is 0. The van der Waals surface area contributed by atoms with Crippen LogP contribution in [0.2, 0.25) is 0 Å². The van der Waals surface area contributed by atoms with Gasteiger partial charge in [0.1, 0.15) is 0 Å². The molecule has 0 aliphatic heterocycles. The van der Waals surface area contributed by atoms with Gasteiger partial charge >= 0.3 is 0 Å². The van der Waals surface area contributed by atoms with E-state index >= 15 is 0 Å². The molecule has 0 amide bonds. The molecule has 2 aromatic rings. The molecule has 100 valence electrons. The van der Waals surface area contributed by atoms with Gasteiger partial charge in [0.05, 0.1) is 6.07 Å². The number of hydrogen-bond acceptors (Lipinski definition) is 2. The molecule has 3 heteroatoms. The molecular formula is C17H16N2O. The van der Waals surface area contributed by atoms with Gasteiger partial charge in [-0.15, -0.1) is 0 Å². The number of benzene rings is 1. The molecule has 3 nitrogen and oxygen atoms in total. The maximum Gasteiger partial charge on any atom is 0.251 e. The molecule has 0 fully saturated rings. The molecule has 0 atom stereocenters. The largest absolute Gasteiger partial charge is 0.315 e. The van der Waals surface area contributed by atoms with E-state index in [9.17, 15) is 4.79 Å². The zero-order valence-electron chi connectivity index (χ0n) is 11.2. The van der Waals surface area contributed by atoms with Crippen molar-refractivity contribution in [3.8, 4) is 6.07 Å². The minimum atomic E-state index is -0.0295. The molecular weight excluding hydrogens is 248 g/mol. The lowest BCUT2D eigenvalue weighted by molar-refractivity contribution is 0.631. The summed E-state index contributed by atoms with van der Waals surface area (Å²) < 4.78 is 1.64. The van der Waals surface area contributed by atoms with Gasteiger partial charge in [-0.1, -0.05) is 42.5 Å². The zero-order chi connectivity index (χ0) is 14.2. The van der Waals surface area contributed by atoms with Crippen molar-refractivity contribution in [1.82, 2.24) is 4.57 Å². The van der Waals surface area contributed by atoms with Crippen LogP contribution in [0.1, 0.15) is 24.0 Å². The minimum absolute atomic E-state index is 0.0295. The number of nitriles is 1. The summed E-state index contributed by atoms with van der Waals surface area (Å²) >= 11 is 0. The Labute approximate surface area is 118 Å². The average molecular weight is 264 g/mol. The smallest absolute Gasteiger partial charge is 0.251 e. The highest BCUT2D eigenvalue weighted by Gasteiger charge is 1.96. The topological polar surface area (TPSA) is 45.8 Å². The first kappa shape index (κ1) is 13.8. The highest BCUT2D eigenvalue weighted by atomic mass is 16.1. The van der Waals surface area contributed by atoms with Gasteiger partial charge in [-0.2, -0.15) is 5.26 Å². The van der Waals surface area contributed by atoms with Crippen LogP contribution >= 0.6 is 0 Å². The van der Waals surface area contributed by atoms with E-state index in [-0.39, 0.29) is 5.56 Å². The monoisotopic (exact) mass is 264 g/mol. The Balaban J connectivity index is 2.08. The predicted molar refractivity (Wildman–Crippen MR) is 80.9 cm³/mol. The number of unbranched alkanes of at least 4 members (excludes halogenated alkanes) is 1. The number of aryl methyl sites for hydroxylation is 1. The van der Waals surface area contributed by atoms with E-state index < -0.39 is 0 Å². The van der Waals surface area contributed by atoms with E-state index in [1.807, 2.05) is 48.6 Å². The fourth-order valence-electron chi connectivity index (χ4n) is 1.90. The lowest BCUT2D eigenvalue weighted by atomic mass is 10.1. The van der Waals surface area contributed by atoms with Gasteiger partial charge in [0, 0.05) is 25.2 Å². The first-order valence-corrected chi connectivity index (χ1v) is 6.60. The standard InChI is InChI=1S/C17H16N2O/c18-11-4-5-12-19-13-10-16(14-17(19)20)9-8-15-6-2-1-3-7-15/h1-3,6-10,13-14H,4-5,12H2/b9-8+. The van der Waals surface area contributed by atoms with Gasteiger partial charge in [-0.25, -0.2) is 0 Å². The Morgan fingerprint density at radius 1 is 1.10 bits per heavy atom. The lowest BCUT2D eigenvalue weighted by Crippen LogP contribution is -2.18. The van der Waals surface area contributed by atoms with Crippen molar-refractivity contribution < 1.29 is 0 Å². The summed E-state index contributed by atoms with van der Waals surface area (Å²) in [5, 5.41) is 8.49. The molecule has 2 rings (SSSR count). The van der Waals surface area contributed by atoms with Gasteiger partial charge in [-0.05, 0) is 23.6 Å². The molecule has 0 bridgehead atoms. The number of hydrogen-bond donors (Lipinski definition) is 0. The summed E-state index contributed by atoms with van der Waals surface area (Å²) in [5.41, 5.74) is 1.96.